The van der Waals surface area contributed by atoms with Gasteiger partial charge in [-0.1, -0.05) is 30.3 Å². The highest BCUT2D eigenvalue weighted by Crippen LogP contribution is 2.30. The highest BCUT2D eigenvalue weighted by molar-refractivity contribution is 5.96. The van der Waals surface area contributed by atoms with E-state index in [2.05, 4.69) is 10.3 Å². The standard InChI is InChI=1S/C20H15N3O3/c24-23(25)18-10-9-17(20-16(18)7-4-12-21-20)22-13-15-8-11-19(26-15)14-5-2-1-3-6-14/h1-12,22H,13H2. The van der Waals surface area contributed by atoms with E-state index in [0.29, 0.717) is 17.4 Å². The number of furan rings is 1. The number of rotatable bonds is 5. The molecule has 4 rings (SSSR count). The second-order valence-electron chi connectivity index (χ2n) is 5.77. The topological polar surface area (TPSA) is 81.2 Å². The van der Waals surface area contributed by atoms with Gasteiger partial charge >= 0.3 is 0 Å². The molecule has 0 unspecified atom stereocenters. The third-order valence-electron chi connectivity index (χ3n) is 4.12. The van der Waals surface area contributed by atoms with E-state index in [-0.39, 0.29) is 5.69 Å². The van der Waals surface area contributed by atoms with Gasteiger partial charge in [-0.05, 0) is 30.3 Å². The molecule has 0 amide bonds. The largest absolute Gasteiger partial charge is 0.459 e. The van der Waals surface area contributed by atoms with E-state index >= 15 is 0 Å². The van der Waals surface area contributed by atoms with Crippen LogP contribution in [0.3, 0.4) is 0 Å². The highest BCUT2D eigenvalue weighted by atomic mass is 16.6. The van der Waals surface area contributed by atoms with Gasteiger partial charge in [0.25, 0.3) is 5.69 Å². The quantitative estimate of drug-likeness (QED) is 0.406. The van der Waals surface area contributed by atoms with Crippen molar-refractivity contribution in [3.8, 4) is 11.3 Å². The molecule has 6 nitrogen and oxygen atoms in total. The van der Waals surface area contributed by atoms with Crippen LogP contribution in [0.25, 0.3) is 22.2 Å². The molecule has 26 heavy (non-hydrogen) atoms. The van der Waals surface area contributed by atoms with Crippen LogP contribution >= 0.6 is 0 Å². The van der Waals surface area contributed by atoms with Gasteiger partial charge in [0.05, 0.1) is 22.5 Å². The van der Waals surface area contributed by atoms with E-state index in [1.807, 2.05) is 42.5 Å². The van der Waals surface area contributed by atoms with Crippen molar-refractivity contribution in [2.75, 3.05) is 5.32 Å². The minimum absolute atomic E-state index is 0.0445. The first-order chi connectivity index (χ1) is 12.7. The monoisotopic (exact) mass is 345 g/mol. The first-order valence-corrected chi connectivity index (χ1v) is 8.12. The Morgan fingerprint density at radius 2 is 1.85 bits per heavy atom. The van der Waals surface area contributed by atoms with Crippen molar-refractivity contribution in [2.24, 2.45) is 0 Å². The molecule has 1 N–H and O–H groups in total. The van der Waals surface area contributed by atoms with Gasteiger partial charge in [0.15, 0.2) is 0 Å². The number of fused-ring (bicyclic) bond motifs is 1. The number of non-ortho nitro benzene ring substituents is 1. The summed E-state index contributed by atoms with van der Waals surface area (Å²) < 4.78 is 5.87. The number of benzene rings is 2. The Labute approximate surface area is 149 Å². The number of nitrogens with one attached hydrogen (secondary N) is 1. The summed E-state index contributed by atoms with van der Waals surface area (Å²) in [5.74, 6) is 1.57. The molecule has 2 heterocycles. The maximum atomic E-state index is 11.2. The van der Waals surface area contributed by atoms with Crippen LogP contribution < -0.4 is 5.32 Å². The summed E-state index contributed by atoms with van der Waals surface area (Å²) >= 11 is 0. The van der Waals surface area contributed by atoms with Gasteiger partial charge in [0.1, 0.15) is 17.0 Å². The van der Waals surface area contributed by atoms with Gasteiger partial charge in [0, 0.05) is 17.8 Å². The fourth-order valence-corrected chi connectivity index (χ4v) is 2.87. The molecule has 4 aromatic rings. The van der Waals surface area contributed by atoms with Crippen molar-refractivity contribution in [3.63, 3.8) is 0 Å². The lowest BCUT2D eigenvalue weighted by atomic mass is 10.1. The van der Waals surface area contributed by atoms with Crippen LogP contribution in [0.2, 0.25) is 0 Å². The van der Waals surface area contributed by atoms with Crippen molar-refractivity contribution in [3.05, 3.63) is 88.8 Å². The number of anilines is 1. The smallest absolute Gasteiger partial charge is 0.278 e. The number of aromatic nitrogens is 1. The molecular formula is C20H15N3O3. The summed E-state index contributed by atoms with van der Waals surface area (Å²) in [5.41, 5.74) is 2.35. The van der Waals surface area contributed by atoms with Crippen LogP contribution in [-0.4, -0.2) is 9.91 Å². The fourth-order valence-electron chi connectivity index (χ4n) is 2.87. The van der Waals surface area contributed by atoms with E-state index < -0.39 is 4.92 Å². The summed E-state index contributed by atoms with van der Waals surface area (Å²) in [6, 6.07) is 20.3. The first kappa shape index (κ1) is 15.8. The second-order valence-corrected chi connectivity index (χ2v) is 5.77. The third kappa shape index (κ3) is 3.00. The van der Waals surface area contributed by atoms with Crippen molar-refractivity contribution in [1.29, 1.82) is 0 Å². The third-order valence-corrected chi connectivity index (χ3v) is 4.12. The SMILES string of the molecule is O=[N+]([O-])c1ccc(NCc2ccc(-c3ccccc3)o2)c2ncccc12. The lowest BCUT2D eigenvalue weighted by Gasteiger charge is -2.08. The van der Waals surface area contributed by atoms with Gasteiger partial charge in [0.2, 0.25) is 0 Å². The molecule has 128 valence electrons. The maximum Gasteiger partial charge on any atom is 0.278 e. The number of hydrogen-bond donors (Lipinski definition) is 1. The molecule has 0 atom stereocenters. The molecule has 0 spiro atoms. The summed E-state index contributed by atoms with van der Waals surface area (Å²) in [7, 11) is 0. The van der Waals surface area contributed by atoms with Crippen LogP contribution in [-0.2, 0) is 6.54 Å². The molecule has 0 aliphatic rings. The van der Waals surface area contributed by atoms with E-state index in [4.69, 9.17) is 4.42 Å². The summed E-state index contributed by atoms with van der Waals surface area (Å²) in [4.78, 5) is 15.1. The second kappa shape index (κ2) is 6.68. The van der Waals surface area contributed by atoms with Crippen LogP contribution in [0.5, 0.6) is 0 Å². The van der Waals surface area contributed by atoms with Gasteiger partial charge in [-0.3, -0.25) is 15.1 Å². The highest BCUT2D eigenvalue weighted by Gasteiger charge is 2.15. The average molecular weight is 345 g/mol. The molecule has 0 radical (unpaired) electrons. The summed E-state index contributed by atoms with van der Waals surface area (Å²) in [6.07, 6.45) is 1.62. The first-order valence-electron chi connectivity index (χ1n) is 8.12. The normalized spacial score (nSPS) is 10.8. The van der Waals surface area contributed by atoms with Gasteiger partial charge < -0.3 is 9.73 Å². The van der Waals surface area contributed by atoms with Gasteiger partial charge in [-0.15, -0.1) is 0 Å². The predicted molar refractivity (Wildman–Crippen MR) is 99.9 cm³/mol. The molecule has 0 saturated heterocycles. The molecule has 0 fully saturated rings. The fraction of sp³-hybridized carbons (Fsp3) is 0.0500. The Hall–Kier alpha value is -3.67. The zero-order chi connectivity index (χ0) is 17.9. The minimum Gasteiger partial charge on any atom is -0.459 e. The summed E-state index contributed by atoms with van der Waals surface area (Å²) in [5, 5.41) is 14.9. The van der Waals surface area contributed by atoms with E-state index in [1.54, 1.807) is 24.4 Å². The van der Waals surface area contributed by atoms with Crippen molar-refractivity contribution in [1.82, 2.24) is 4.98 Å². The molecule has 2 aromatic heterocycles. The Morgan fingerprint density at radius 1 is 1.00 bits per heavy atom. The van der Waals surface area contributed by atoms with Gasteiger partial charge in [-0.25, -0.2) is 0 Å². The van der Waals surface area contributed by atoms with E-state index in [9.17, 15) is 10.1 Å². The molecule has 2 aromatic carbocycles. The Balaban J connectivity index is 1.58. The average Bonchev–Trinajstić information content (AvgIpc) is 3.15. The number of hydrogen-bond acceptors (Lipinski definition) is 5. The number of nitrogens with zero attached hydrogens (tertiary/aromatic N) is 2. The Morgan fingerprint density at radius 3 is 2.65 bits per heavy atom. The number of pyridine rings is 1. The van der Waals surface area contributed by atoms with Crippen LogP contribution in [0.15, 0.2) is 77.3 Å². The zero-order valence-electron chi connectivity index (χ0n) is 13.8. The molecule has 0 aliphatic carbocycles. The van der Waals surface area contributed by atoms with Crippen LogP contribution in [0.1, 0.15) is 5.76 Å². The number of nitro benzene ring substituents is 1. The number of nitro groups is 1. The lowest BCUT2D eigenvalue weighted by molar-refractivity contribution is -0.383. The minimum atomic E-state index is -0.396. The molecule has 6 heteroatoms. The van der Waals surface area contributed by atoms with E-state index in [1.165, 1.54) is 6.07 Å². The van der Waals surface area contributed by atoms with Gasteiger partial charge in [-0.2, -0.15) is 0 Å². The van der Waals surface area contributed by atoms with Crippen molar-refractivity contribution >= 4 is 22.3 Å². The molecule has 0 saturated carbocycles. The Kier molecular flexibility index (Phi) is 4.07. The molecule has 0 bridgehead atoms. The predicted octanol–water partition coefficient (Wildman–Crippen LogP) is 5.02. The molecular weight excluding hydrogens is 330 g/mol. The van der Waals surface area contributed by atoms with E-state index in [0.717, 1.165) is 22.8 Å². The van der Waals surface area contributed by atoms with Crippen LogP contribution in [0, 0.1) is 10.1 Å². The Bertz CT molecular complexity index is 1070. The maximum absolute atomic E-state index is 11.2. The van der Waals surface area contributed by atoms with Crippen molar-refractivity contribution in [2.45, 2.75) is 6.54 Å². The van der Waals surface area contributed by atoms with Crippen molar-refractivity contribution < 1.29 is 9.34 Å². The summed E-state index contributed by atoms with van der Waals surface area (Å²) in [6.45, 7) is 0.455. The molecule has 0 aliphatic heterocycles. The van der Waals surface area contributed by atoms with Crippen LogP contribution in [0.4, 0.5) is 11.4 Å². The lowest BCUT2D eigenvalue weighted by Crippen LogP contribution is -2.00. The zero-order valence-corrected chi connectivity index (χ0v) is 13.8.